The first kappa shape index (κ1) is 13.6. The van der Waals surface area contributed by atoms with Crippen LogP contribution in [0.2, 0.25) is 0 Å². The summed E-state index contributed by atoms with van der Waals surface area (Å²) in [5.41, 5.74) is 1.23. The Balaban J connectivity index is 1.76. The van der Waals surface area contributed by atoms with E-state index in [1.54, 1.807) is 0 Å². The SMILES string of the molecule is Cc1nc(C(NC2CC2)C2CCC(C)CC2)sc1C. The third-order valence-electron chi connectivity index (χ3n) is 4.84. The van der Waals surface area contributed by atoms with E-state index in [9.17, 15) is 0 Å². The molecule has 0 aromatic carbocycles. The lowest BCUT2D eigenvalue weighted by Gasteiger charge is -2.32. The second kappa shape index (κ2) is 5.53. The van der Waals surface area contributed by atoms with Crippen LogP contribution in [0.15, 0.2) is 0 Å². The van der Waals surface area contributed by atoms with Crippen molar-refractivity contribution < 1.29 is 0 Å². The lowest BCUT2D eigenvalue weighted by molar-refractivity contribution is 0.229. The molecule has 19 heavy (non-hydrogen) atoms. The minimum absolute atomic E-state index is 0.525. The summed E-state index contributed by atoms with van der Waals surface area (Å²) in [6, 6.07) is 1.30. The Kier molecular flexibility index (Phi) is 3.95. The summed E-state index contributed by atoms with van der Waals surface area (Å²) in [7, 11) is 0. The van der Waals surface area contributed by atoms with Crippen LogP contribution < -0.4 is 5.32 Å². The molecule has 1 atom stereocenters. The summed E-state index contributed by atoms with van der Waals surface area (Å²) in [5, 5.41) is 5.23. The van der Waals surface area contributed by atoms with Gasteiger partial charge in [0.25, 0.3) is 0 Å². The fraction of sp³-hybridized carbons (Fsp3) is 0.812. The number of hydrogen-bond donors (Lipinski definition) is 1. The zero-order valence-corrected chi connectivity index (χ0v) is 13.2. The average molecular weight is 278 g/mol. The molecule has 1 aromatic rings. The molecule has 2 nitrogen and oxygen atoms in total. The Morgan fingerprint density at radius 2 is 1.79 bits per heavy atom. The second-order valence-corrected chi connectivity index (χ2v) is 7.87. The van der Waals surface area contributed by atoms with E-state index in [1.165, 1.54) is 54.1 Å². The van der Waals surface area contributed by atoms with Gasteiger partial charge in [0.15, 0.2) is 0 Å². The Morgan fingerprint density at radius 3 is 2.32 bits per heavy atom. The van der Waals surface area contributed by atoms with Crippen molar-refractivity contribution in [1.29, 1.82) is 0 Å². The van der Waals surface area contributed by atoms with Gasteiger partial charge in [-0.3, -0.25) is 0 Å². The maximum Gasteiger partial charge on any atom is 0.110 e. The summed E-state index contributed by atoms with van der Waals surface area (Å²) in [6.07, 6.45) is 8.28. The highest BCUT2D eigenvalue weighted by Gasteiger charge is 2.33. The minimum atomic E-state index is 0.525. The monoisotopic (exact) mass is 278 g/mol. The number of nitrogens with one attached hydrogen (secondary N) is 1. The van der Waals surface area contributed by atoms with E-state index >= 15 is 0 Å². The maximum atomic E-state index is 4.84. The van der Waals surface area contributed by atoms with Crippen molar-refractivity contribution in [2.45, 2.75) is 71.4 Å². The average Bonchev–Trinajstić information content (AvgIpc) is 3.14. The molecule has 1 N–H and O–H groups in total. The van der Waals surface area contributed by atoms with Crippen molar-refractivity contribution in [3.63, 3.8) is 0 Å². The summed E-state index contributed by atoms with van der Waals surface area (Å²) < 4.78 is 0. The molecule has 1 unspecified atom stereocenters. The number of nitrogens with zero attached hydrogens (tertiary/aromatic N) is 1. The molecule has 3 rings (SSSR count). The van der Waals surface area contributed by atoms with Gasteiger partial charge in [-0.05, 0) is 51.4 Å². The summed E-state index contributed by atoms with van der Waals surface area (Å²) in [5.74, 6) is 1.74. The van der Waals surface area contributed by atoms with E-state index in [4.69, 9.17) is 4.98 Å². The highest BCUT2D eigenvalue weighted by Crippen LogP contribution is 2.40. The quantitative estimate of drug-likeness (QED) is 0.884. The molecule has 0 saturated heterocycles. The van der Waals surface area contributed by atoms with Crippen LogP contribution in [0.3, 0.4) is 0 Å². The van der Waals surface area contributed by atoms with E-state index in [0.29, 0.717) is 6.04 Å². The molecule has 3 heteroatoms. The fourth-order valence-electron chi connectivity index (χ4n) is 3.16. The van der Waals surface area contributed by atoms with Crippen molar-refractivity contribution >= 4 is 11.3 Å². The van der Waals surface area contributed by atoms with Gasteiger partial charge in [0.2, 0.25) is 0 Å². The number of aryl methyl sites for hydroxylation is 2. The predicted molar refractivity (Wildman–Crippen MR) is 81.6 cm³/mol. The summed E-state index contributed by atoms with van der Waals surface area (Å²) in [6.45, 7) is 6.75. The number of rotatable bonds is 4. The molecule has 0 bridgehead atoms. The van der Waals surface area contributed by atoms with Crippen molar-refractivity contribution in [2.24, 2.45) is 11.8 Å². The largest absolute Gasteiger partial charge is 0.305 e. The molecule has 1 aromatic heterocycles. The van der Waals surface area contributed by atoms with Gasteiger partial charge in [0.1, 0.15) is 5.01 Å². The molecule has 2 saturated carbocycles. The van der Waals surface area contributed by atoms with Crippen LogP contribution in [-0.4, -0.2) is 11.0 Å². The van der Waals surface area contributed by atoms with Crippen molar-refractivity contribution in [3.05, 3.63) is 15.6 Å². The zero-order chi connectivity index (χ0) is 13.4. The molecule has 1 heterocycles. The third-order valence-corrected chi connectivity index (χ3v) is 5.99. The van der Waals surface area contributed by atoms with Crippen molar-refractivity contribution in [2.75, 3.05) is 0 Å². The zero-order valence-electron chi connectivity index (χ0n) is 12.4. The summed E-state index contributed by atoms with van der Waals surface area (Å²) in [4.78, 5) is 6.23. The first-order valence-corrected chi connectivity index (χ1v) is 8.65. The van der Waals surface area contributed by atoms with Gasteiger partial charge in [-0.15, -0.1) is 11.3 Å². The molecule has 106 valence electrons. The number of aromatic nitrogens is 1. The van der Waals surface area contributed by atoms with E-state index in [-0.39, 0.29) is 0 Å². The molecule has 0 aliphatic heterocycles. The van der Waals surface area contributed by atoms with Crippen LogP contribution in [0.5, 0.6) is 0 Å². The fourth-order valence-corrected chi connectivity index (χ4v) is 4.24. The first-order valence-electron chi connectivity index (χ1n) is 7.83. The highest BCUT2D eigenvalue weighted by molar-refractivity contribution is 7.11. The van der Waals surface area contributed by atoms with Crippen LogP contribution >= 0.6 is 11.3 Å². The van der Waals surface area contributed by atoms with Gasteiger partial charge in [-0.1, -0.05) is 19.8 Å². The number of hydrogen-bond acceptors (Lipinski definition) is 3. The topological polar surface area (TPSA) is 24.9 Å². The van der Waals surface area contributed by atoms with Gasteiger partial charge in [-0.2, -0.15) is 0 Å². The molecular weight excluding hydrogens is 252 g/mol. The van der Waals surface area contributed by atoms with Crippen molar-refractivity contribution in [3.8, 4) is 0 Å². The minimum Gasteiger partial charge on any atom is -0.305 e. The smallest absolute Gasteiger partial charge is 0.110 e. The van der Waals surface area contributed by atoms with Crippen LogP contribution in [0, 0.1) is 25.7 Å². The van der Waals surface area contributed by atoms with Gasteiger partial charge < -0.3 is 5.32 Å². The van der Waals surface area contributed by atoms with Crippen LogP contribution in [0.4, 0.5) is 0 Å². The molecule has 0 radical (unpaired) electrons. The van der Waals surface area contributed by atoms with E-state index in [1.807, 2.05) is 11.3 Å². The molecular formula is C16H26N2S. The van der Waals surface area contributed by atoms with Crippen LogP contribution in [0.25, 0.3) is 0 Å². The first-order chi connectivity index (χ1) is 9.13. The number of thiazole rings is 1. The predicted octanol–water partition coefficient (Wildman–Crippen LogP) is 4.38. The van der Waals surface area contributed by atoms with Gasteiger partial charge >= 0.3 is 0 Å². The van der Waals surface area contributed by atoms with Crippen LogP contribution in [-0.2, 0) is 0 Å². The maximum absolute atomic E-state index is 4.84. The second-order valence-electron chi connectivity index (χ2n) is 6.63. The van der Waals surface area contributed by atoms with E-state index in [2.05, 4.69) is 26.1 Å². The van der Waals surface area contributed by atoms with E-state index in [0.717, 1.165) is 17.9 Å². The van der Waals surface area contributed by atoms with Gasteiger partial charge in [-0.25, -0.2) is 4.98 Å². The normalized spacial score (nSPS) is 29.4. The molecule has 2 aliphatic rings. The molecule has 2 aliphatic carbocycles. The molecule has 0 amide bonds. The van der Waals surface area contributed by atoms with Crippen molar-refractivity contribution in [1.82, 2.24) is 10.3 Å². The Bertz CT molecular complexity index is 408. The molecule has 0 spiro atoms. The Morgan fingerprint density at radius 1 is 1.11 bits per heavy atom. The Labute approximate surface area is 121 Å². The third kappa shape index (κ3) is 3.19. The lowest BCUT2D eigenvalue weighted by atomic mass is 9.79. The summed E-state index contributed by atoms with van der Waals surface area (Å²) >= 11 is 1.91. The van der Waals surface area contributed by atoms with Gasteiger partial charge in [0.05, 0.1) is 11.7 Å². The van der Waals surface area contributed by atoms with Gasteiger partial charge in [0, 0.05) is 10.9 Å². The highest BCUT2D eigenvalue weighted by atomic mass is 32.1. The Hall–Kier alpha value is -0.410. The van der Waals surface area contributed by atoms with Crippen LogP contribution in [0.1, 0.15) is 67.1 Å². The standard InChI is InChI=1S/C16H26N2S/c1-10-4-6-13(7-5-10)15(18-14-8-9-14)16-17-11(2)12(3)19-16/h10,13-15,18H,4-9H2,1-3H3. The molecule has 2 fully saturated rings. The van der Waals surface area contributed by atoms with E-state index < -0.39 is 0 Å². The lowest BCUT2D eigenvalue weighted by Crippen LogP contribution is -2.32.